The van der Waals surface area contributed by atoms with Gasteiger partial charge in [0.15, 0.2) is 5.82 Å². The number of fused-ring (bicyclic) bond motifs is 7. The predicted molar refractivity (Wildman–Crippen MR) is 236 cm³/mol. The van der Waals surface area contributed by atoms with Crippen LogP contribution in [-0.4, -0.2) is 9.97 Å². The van der Waals surface area contributed by atoms with Gasteiger partial charge >= 0.3 is 0 Å². The third-order valence-electron chi connectivity index (χ3n) is 12.8. The van der Waals surface area contributed by atoms with E-state index in [0.717, 1.165) is 28.1 Å². The second kappa shape index (κ2) is 12.6. The summed E-state index contributed by atoms with van der Waals surface area (Å²) in [7, 11) is 0. The van der Waals surface area contributed by atoms with E-state index in [9.17, 15) is 0 Å². The Bertz CT molecular complexity index is 3050. The molecule has 8 aromatic carbocycles. The summed E-state index contributed by atoms with van der Waals surface area (Å²) in [5.74, 6) is 0.714. The molecule has 2 nitrogen and oxygen atoms in total. The van der Waals surface area contributed by atoms with Gasteiger partial charge in [-0.05, 0) is 109 Å². The first-order valence-electron chi connectivity index (χ1n) is 19.9. The van der Waals surface area contributed by atoms with Crippen LogP contribution in [0, 0.1) is 0 Å². The molecule has 1 heterocycles. The Morgan fingerprint density at radius 2 is 0.930 bits per heavy atom. The normalized spacial score (nSPS) is 15.8. The van der Waals surface area contributed by atoms with Gasteiger partial charge in [-0.3, -0.25) is 0 Å². The Labute approximate surface area is 334 Å². The van der Waals surface area contributed by atoms with Crippen LogP contribution in [-0.2, 0) is 10.8 Å². The Hall–Kier alpha value is -6.90. The molecule has 57 heavy (non-hydrogen) atoms. The van der Waals surface area contributed by atoms with E-state index in [-0.39, 0.29) is 10.8 Å². The lowest BCUT2D eigenvalue weighted by atomic mass is 9.74. The average Bonchev–Trinajstić information content (AvgIpc) is 3.66. The van der Waals surface area contributed by atoms with Gasteiger partial charge in [0.25, 0.3) is 0 Å². The van der Waals surface area contributed by atoms with Gasteiger partial charge in [0.1, 0.15) is 0 Å². The fourth-order valence-corrected chi connectivity index (χ4v) is 9.75. The van der Waals surface area contributed by atoms with Gasteiger partial charge in [0, 0.05) is 27.5 Å². The summed E-state index contributed by atoms with van der Waals surface area (Å²) in [5, 5.41) is 2.55. The molecule has 0 saturated heterocycles. The summed E-state index contributed by atoms with van der Waals surface area (Å²) >= 11 is 0. The van der Waals surface area contributed by atoms with Gasteiger partial charge in [-0.2, -0.15) is 0 Å². The summed E-state index contributed by atoms with van der Waals surface area (Å²) in [6.07, 6.45) is 0. The van der Waals surface area contributed by atoms with Crippen LogP contribution in [0.2, 0.25) is 0 Å². The Balaban J connectivity index is 1.07. The van der Waals surface area contributed by atoms with Crippen LogP contribution in [0.3, 0.4) is 0 Å². The molecule has 11 rings (SSSR count). The standard InChI is InChI=1S/C55H40N2/c1-54(2)47-27-15-25-42(52(47)45-31-36-18-10-11-19-37(36)32-48(45)54)38-20-14-21-39(30-38)50-34-51(57-53(56-50)35-16-6-4-7-17-35)40-28-29-44-43-24-12-13-26-46(43)55(3,49(44)33-40)41-22-8-5-9-23-41/h4-34H,1-3H3. The average molecular weight is 729 g/mol. The first-order chi connectivity index (χ1) is 27.9. The van der Waals surface area contributed by atoms with Crippen molar-refractivity contribution in [1.29, 1.82) is 0 Å². The van der Waals surface area contributed by atoms with Crippen LogP contribution in [0.15, 0.2) is 188 Å². The second-order valence-electron chi connectivity index (χ2n) is 16.3. The Kier molecular flexibility index (Phi) is 7.37. The number of nitrogens with zero attached hydrogens (tertiary/aromatic N) is 2. The van der Waals surface area contributed by atoms with E-state index in [4.69, 9.17) is 9.97 Å². The molecule has 0 spiro atoms. The zero-order valence-electron chi connectivity index (χ0n) is 32.3. The number of rotatable bonds is 5. The highest BCUT2D eigenvalue weighted by molar-refractivity contribution is 5.99. The molecule has 270 valence electrons. The highest BCUT2D eigenvalue weighted by atomic mass is 14.9. The van der Waals surface area contributed by atoms with Gasteiger partial charge in [0.2, 0.25) is 0 Å². The van der Waals surface area contributed by atoms with Crippen molar-refractivity contribution in [3.05, 3.63) is 216 Å². The van der Waals surface area contributed by atoms with E-state index in [1.165, 1.54) is 72.0 Å². The smallest absolute Gasteiger partial charge is 0.160 e. The Morgan fingerprint density at radius 3 is 1.72 bits per heavy atom. The van der Waals surface area contributed by atoms with Crippen LogP contribution >= 0.6 is 0 Å². The van der Waals surface area contributed by atoms with Gasteiger partial charge in [-0.1, -0.05) is 172 Å². The molecule has 0 N–H and O–H groups in total. The van der Waals surface area contributed by atoms with Gasteiger partial charge in [-0.15, -0.1) is 0 Å². The largest absolute Gasteiger partial charge is 0.228 e. The first-order valence-corrected chi connectivity index (χ1v) is 19.9. The molecule has 0 bridgehead atoms. The summed E-state index contributed by atoms with van der Waals surface area (Å²) in [5.41, 5.74) is 18.8. The van der Waals surface area contributed by atoms with Crippen LogP contribution in [0.5, 0.6) is 0 Å². The second-order valence-corrected chi connectivity index (χ2v) is 16.3. The van der Waals surface area contributed by atoms with Crippen molar-refractivity contribution in [2.24, 2.45) is 0 Å². The van der Waals surface area contributed by atoms with Crippen molar-refractivity contribution < 1.29 is 0 Å². The minimum atomic E-state index is -0.301. The van der Waals surface area contributed by atoms with E-state index >= 15 is 0 Å². The molecule has 0 radical (unpaired) electrons. The van der Waals surface area contributed by atoms with Crippen molar-refractivity contribution in [1.82, 2.24) is 9.97 Å². The van der Waals surface area contributed by atoms with Crippen LogP contribution in [0.1, 0.15) is 48.6 Å². The number of hydrogen-bond acceptors (Lipinski definition) is 2. The molecule has 2 aliphatic rings. The molecule has 2 aliphatic carbocycles. The first kappa shape index (κ1) is 33.4. The van der Waals surface area contributed by atoms with Crippen molar-refractivity contribution in [3.63, 3.8) is 0 Å². The van der Waals surface area contributed by atoms with E-state index in [1.54, 1.807) is 0 Å². The van der Waals surface area contributed by atoms with Gasteiger partial charge < -0.3 is 0 Å². The minimum Gasteiger partial charge on any atom is -0.228 e. The predicted octanol–water partition coefficient (Wildman–Crippen LogP) is 13.9. The molecule has 0 amide bonds. The molecular weight excluding hydrogens is 689 g/mol. The number of aromatic nitrogens is 2. The lowest BCUT2D eigenvalue weighted by Crippen LogP contribution is -2.22. The molecule has 0 saturated carbocycles. The highest BCUT2D eigenvalue weighted by Crippen LogP contribution is 2.54. The van der Waals surface area contributed by atoms with Crippen LogP contribution < -0.4 is 0 Å². The molecule has 1 atom stereocenters. The highest BCUT2D eigenvalue weighted by Gasteiger charge is 2.41. The third-order valence-corrected chi connectivity index (χ3v) is 12.8. The van der Waals surface area contributed by atoms with E-state index in [2.05, 4.69) is 203 Å². The third kappa shape index (κ3) is 5.10. The number of benzene rings is 8. The van der Waals surface area contributed by atoms with Crippen LogP contribution in [0.25, 0.3) is 78.1 Å². The summed E-state index contributed by atoms with van der Waals surface area (Å²) in [6, 6.07) is 68.4. The maximum absolute atomic E-state index is 5.28. The van der Waals surface area contributed by atoms with Gasteiger partial charge in [0.05, 0.1) is 11.4 Å². The zero-order chi connectivity index (χ0) is 38.3. The van der Waals surface area contributed by atoms with Crippen molar-refractivity contribution in [3.8, 4) is 67.3 Å². The zero-order valence-corrected chi connectivity index (χ0v) is 32.3. The van der Waals surface area contributed by atoms with Gasteiger partial charge in [-0.25, -0.2) is 9.97 Å². The fraction of sp³-hybridized carbons (Fsp3) is 0.0909. The van der Waals surface area contributed by atoms with Crippen LogP contribution in [0.4, 0.5) is 0 Å². The Morgan fingerprint density at radius 1 is 0.351 bits per heavy atom. The van der Waals surface area contributed by atoms with E-state index in [1.807, 2.05) is 6.07 Å². The number of hydrogen-bond donors (Lipinski definition) is 0. The van der Waals surface area contributed by atoms with Crippen molar-refractivity contribution >= 4 is 10.8 Å². The van der Waals surface area contributed by atoms with E-state index in [0.29, 0.717) is 5.82 Å². The molecule has 1 aromatic heterocycles. The molecular formula is C55H40N2. The molecule has 9 aromatic rings. The maximum Gasteiger partial charge on any atom is 0.160 e. The van der Waals surface area contributed by atoms with Crippen molar-refractivity contribution in [2.45, 2.75) is 31.6 Å². The molecule has 1 unspecified atom stereocenters. The lowest BCUT2D eigenvalue weighted by Gasteiger charge is -2.28. The topological polar surface area (TPSA) is 25.8 Å². The molecule has 0 fully saturated rings. The summed E-state index contributed by atoms with van der Waals surface area (Å²) < 4.78 is 0. The summed E-state index contributed by atoms with van der Waals surface area (Å²) in [4.78, 5) is 10.5. The SMILES string of the molecule is CC1(C)c2cc3ccccc3cc2-c2c(-c3cccc(-c4cc(-c5ccc6c(c5)C(C)(c5ccccc5)c5ccccc5-6)nc(-c5ccccc5)n4)c3)cccc21. The molecule has 2 heteroatoms. The monoisotopic (exact) mass is 728 g/mol. The lowest BCUT2D eigenvalue weighted by molar-refractivity contribution is 0.661. The van der Waals surface area contributed by atoms with Crippen molar-refractivity contribution in [2.75, 3.05) is 0 Å². The minimum absolute atomic E-state index is 0.109. The maximum atomic E-state index is 5.28. The quantitative estimate of drug-likeness (QED) is 0.176. The summed E-state index contributed by atoms with van der Waals surface area (Å²) in [6.45, 7) is 7.09. The fourth-order valence-electron chi connectivity index (χ4n) is 9.75. The van der Waals surface area contributed by atoms with E-state index < -0.39 is 0 Å². The molecule has 0 aliphatic heterocycles.